The van der Waals surface area contributed by atoms with Gasteiger partial charge in [0, 0.05) is 38.5 Å². The van der Waals surface area contributed by atoms with Gasteiger partial charge in [-0.25, -0.2) is 15.0 Å². The third-order valence-corrected chi connectivity index (χ3v) is 13.1. The standard InChI is InChI=1S/C63H40N4O/c1-4-16-41(17-5-1)44-32-34-45(35-33-44)48-24-14-27-51(40-48)67-55-30-11-10-28-52(55)53-36-37-57-59(60(53)67)58-54(29-15-31-56(58)68-57)63-65-61(49-25-12-22-46(38-49)42-18-6-2-7-19-42)64-62(66-63)50-26-13-23-47(39-50)43-20-8-3-9-21-43/h1-40H. The number of hydrogen-bond acceptors (Lipinski definition) is 4. The molecular formula is C63H40N4O. The van der Waals surface area contributed by atoms with E-state index in [1.54, 1.807) is 0 Å². The summed E-state index contributed by atoms with van der Waals surface area (Å²) in [5.41, 5.74) is 16.5. The first-order valence-corrected chi connectivity index (χ1v) is 22.9. The van der Waals surface area contributed by atoms with Crippen molar-refractivity contribution >= 4 is 43.7 Å². The van der Waals surface area contributed by atoms with Crippen LogP contribution in [0.5, 0.6) is 0 Å². The summed E-state index contributed by atoms with van der Waals surface area (Å²) in [6, 6.07) is 85.1. The molecule has 0 saturated carbocycles. The third kappa shape index (κ3) is 6.84. The van der Waals surface area contributed by atoms with Crippen LogP contribution >= 0.6 is 0 Å². The van der Waals surface area contributed by atoms with Crippen LogP contribution in [0.2, 0.25) is 0 Å². The Labute approximate surface area is 392 Å². The molecular weight excluding hydrogens is 829 g/mol. The van der Waals surface area contributed by atoms with Crippen molar-refractivity contribution in [2.24, 2.45) is 0 Å². The molecule has 0 bridgehead atoms. The first-order valence-electron chi connectivity index (χ1n) is 22.9. The second-order valence-corrected chi connectivity index (χ2v) is 17.2. The molecule has 5 heteroatoms. The topological polar surface area (TPSA) is 56.7 Å². The molecule has 0 radical (unpaired) electrons. The molecule has 3 heterocycles. The number of benzene rings is 10. The van der Waals surface area contributed by atoms with Gasteiger partial charge in [0.25, 0.3) is 0 Å². The van der Waals surface area contributed by atoms with Gasteiger partial charge in [-0.1, -0.05) is 194 Å². The predicted molar refractivity (Wildman–Crippen MR) is 279 cm³/mol. The van der Waals surface area contributed by atoms with Crippen LogP contribution < -0.4 is 0 Å². The Morgan fingerprint density at radius 3 is 1.38 bits per heavy atom. The molecule has 3 aromatic heterocycles. The lowest BCUT2D eigenvalue weighted by Gasteiger charge is -2.12. The Morgan fingerprint density at radius 1 is 0.294 bits per heavy atom. The minimum atomic E-state index is 0.564. The average molecular weight is 869 g/mol. The zero-order valence-electron chi connectivity index (χ0n) is 36.8. The van der Waals surface area contributed by atoms with Crippen molar-refractivity contribution in [3.63, 3.8) is 0 Å². The zero-order chi connectivity index (χ0) is 45.0. The van der Waals surface area contributed by atoms with Gasteiger partial charge in [-0.3, -0.25) is 0 Å². The maximum Gasteiger partial charge on any atom is 0.164 e. The van der Waals surface area contributed by atoms with Crippen molar-refractivity contribution in [2.45, 2.75) is 0 Å². The molecule has 5 nitrogen and oxygen atoms in total. The molecule has 0 unspecified atom stereocenters. The van der Waals surface area contributed by atoms with Crippen LogP contribution in [0.1, 0.15) is 0 Å². The fraction of sp³-hybridized carbons (Fsp3) is 0. The molecule has 0 fully saturated rings. The van der Waals surface area contributed by atoms with E-state index in [1.165, 1.54) is 11.1 Å². The van der Waals surface area contributed by atoms with Crippen molar-refractivity contribution in [1.82, 2.24) is 19.5 Å². The second kappa shape index (κ2) is 16.4. The molecule has 0 aliphatic rings. The molecule has 10 aromatic carbocycles. The minimum Gasteiger partial charge on any atom is -0.456 e. The van der Waals surface area contributed by atoms with Gasteiger partial charge in [0.05, 0.1) is 16.4 Å². The molecule has 0 spiro atoms. The fourth-order valence-electron chi connectivity index (χ4n) is 9.81. The molecule has 0 N–H and O–H groups in total. The summed E-state index contributed by atoms with van der Waals surface area (Å²) in [5.74, 6) is 1.74. The average Bonchev–Trinajstić information content (AvgIpc) is 3.98. The van der Waals surface area contributed by atoms with E-state index in [2.05, 4.69) is 223 Å². The Morgan fingerprint density at radius 2 is 0.750 bits per heavy atom. The Balaban J connectivity index is 1.03. The summed E-state index contributed by atoms with van der Waals surface area (Å²) in [4.78, 5) is 15.9. The fourth-order valence-corrected chi connectivity index (χ4v) is 9.81. The highest BCUT2D eigenvalue weighted by atomic mass is 16.3. The van der Waals surface area contributed by atoms with Gasteiger partial charge in [-0.05, 0) is 93.0 Å². The van der Waals surface area contributed by atoms with Crippen molar-refractivity contribution < 1.29 is 4.42 Å². The molecule has 68 heavy (non-hydrogen) atoms. The summed E-state index contributed by atoms with van der Waals surface area (Å²) in [5, 5.41) is 4.25. The third-order valence-electron chi connectivity index (χ3n) is 13.1. The monoisotopic (exact) mass is 868 g/mol. The summed E-state index contributed by atoms with van der Waals surface area (Å²) < 4.78 is 9.22. The lowest BCUT2D eigenvalue weighted by atomic mass is 10.00. The van der Waals surface area contributed by atoms with Gasteiger partial charge >= 0.3 is 0 Å². The van der Waals surface area contributed by atoms with Crippen LogP contribution in [0, 0.1) is 0 Å². The minimum absolute atomic E-state index is 0.564. The highest BCUT2D eigenvalue weighted by molar-refractivity contribution is 6.26. The lowest BCUT2D eigenvalue weighted by Crippen LogP contribution is -2.01. The van der Waals surface area contributed by atoms with Gasteiger partial charge in [0.2, 0.25) is 0 Å². The molecule has 318 valence electrons. The van der Waals surface area contributed by atoms with Crippen molar-refractivity contribution in [3.8, 4) is 84.4 Å². The quantitative estimate of drug-likeness (QED) is 0.153. The summed E-state index contributed by atoms with van der Waals surface area (Å²) in [6.45, 7) is 0. The number of para-hydroxylation sites is 1. The van der Waals surface area contributed by atoms with E-state index < -0.39 is 0 Å². The van der Waals surface area contributed by atoms with Gasteiger partial charge in [-0.15, -0.1) is 0 Å². The van der Waals surface area contributed by atoms with Crippen LogP contribution in [0.3, 0.4) is 0 Å². The second-order valence-electron chi connectivity index (χ2n) is 17.2. The summed E-state index contributed by atoms with van der Waals surface area (Å²) in [6.07, 6.45) is 0. The normalized spacial score (nSPS) is 11.5. The van der Waals surface area contributed by atoms with E-state index in [9.17, 15) is 0 Å². The van der Waals surface area contributed by atoms with Crippen LogP contribution in [-0.4, -0.2) is 19.5 Å². The van der Waals surface area contributed by atoms with Gasteiger partial charge in [-0.2, -0.15) is 0 Å². The summed E-state index contributed by atoms with van der Waals surface area (Å²) in [7, 11) is 0. The van der Waals surface area contributed by atoms with Gasteiger partial charge in [0.15, 0.2) is 17.5 Å². The van der Waals surface area contributed by atoms with Crippen molar-refractivity contribution in [2.75, 3.05) is 0 Å². The highest BCUT2D eigenvalue weighted by Crippen LogP contribution is 2.44. The molecule has 0 amide bonds. The van der Waals surface area contributed by atoms with Crippen molar-refractivity contribution in [3.05, 3.63) is 243 Å². The van der Waals surface area contributed by atoms with E-state index in [4.69, 9.17) is 19.4 Å². The molecule has 13 aromatic rings. The van der Waals surface area contributed by atoms with E-state index in [1.807, 2.05) is 24.3 Å². The van der Waals surface area contributed by atoms with Gasteiger partial charge < -0.3 is 8.98 Å². The van der Waals surface area contributed by atoms with Crippen LogP contribution in [-0.2, 0) is 0 Å². The highest BCUT2D eigenvalue weighted by Gasteiger charge is 2.23. The van der Waals surface area contributed by atoms with Crippen LogP contribution in [0.15, 0.2) is 247 Å². The smallest absolute Gasteiger partial charge is 0.164 e. The SMILES string of the molecule is c1ccc(-c2ccc(-c3cccc(-n4c5ccccc5c5ccc6oc7cccc(-c8nc(-c9cccc(-c%10ccccc%10)c9)nc(-c9cccc(-c%10ccccc%10)c9)n8)c7c6c54)c3)cc2)cc1. The number of furan rings is 1. The largest absolute Gasteiger partial charge is 0.456 e. The summed E-state index contributed by atoms with van der Waals surface area (Å²) >= 11 is 0. The molecule has 0 atom stereocenters. The van der Waals surface area contributed by atoms with Crippen LogP contribution in [0.4, 0.5) is 0 Å². The Hall–Kier alpha value is -9.19. The van der Waals surface area contributed by atoms with E-state index in [-0.39, 0.29) is 0 Å². The molecule has 0 aliphatic heterocycles. The number of nitrogens with zero attached hydrogens (tertiary/aromatic N) is 4. The maximum absolute atomic E-state index is 6.82. The van der Waals surface area contributed by atoms with E-state index >= 15 is 0 Å². The van der Waals surface area contributed by atoms with E-state index in [0.717, 1.165) is 99.5 Å². The first kappa shape index (κ1) is 39.2. The molecule has 13 rings (SSSR count). The van der Waals surface area contributed by atoms with E-state index in [0.29, 0.717) is 17.5 Å². The number of fused-ring (bicyclic) bond motifs is 7. The zero-order valence-corrected chi connectivity index (χ0v) is 36.8. The van der Waals surface area contributed by atoms with Gasteiger partial charge in [0.1, 0.15) is 11.2 Å². The molecule has 0 saturated heterocycles. The number of aromatic nitrogens is 4. The lowest BCUT2D eigenvalue weighted by molar-refractivity contribution is 0.669. The molecule has 0 aliphatic carbocycles. The maximum atomic E-state index is 6.82. The Kier molecular flexibility index (Phi) is 9.43. The number of rotatable bonds is 8. The van der Waals surface area contributed by atoms with Crippen LogP contribution in [0.25, 0.3) is 128 Å². The van der Waals surface area contributed by atoms with Crippen molar-refractivity contribution in [1.29, 1.82) is 0 Å². The predicted octanol–water partition coefficient (Wildman–Crippen LogP) is 16.5. The first-order chi connectivity index (χ1) is 33.7. The number of hydrogen-bond donors (Lipinski definition) is 0. The Bertz CT molecular complexity index is 3900.